The lowest BCUT2D eigenvalue weighted by atomic mass is 9.86. The number of amides is 1. The topological polar surface area (TPSA) is 86.9 Å². The summed E-state index contributed by atoms with van der Waals surface area (Å²) in [5.74, 6) is -2.16. The summed E-state index contributed by atoms with van der Waals surface area (Å²) in [5.41, 5.74) is 9.69. The maximum absolute atomic E-state index is 13.9. The summed E-state index contributed by atoms with van der Waals surface area (Å²) in [6.45, 7) is -0.314. The number of aryl methyl sites for hydroxylation is 1. The molecule has 0 bridgehead atoms. The minimum Gasteiger partial charge on any atom is -0.365 e. The van der Waals surface area contributed by atoms with Crippen molar-refractivity contribution in [2.45, 2.75) is 24.7 Å². The number of carbonyl (C=O) groups excluding carboxylic acids is 1. The molecule has 2 aromatic heterocycles. The number of aromatic nitrogens is 2. The molecular weight excluding hydrogens is 458 g/mol. The van der Waals surface area contributed by atoms with Gasteiger partial charge in [-0.3, -0.25) is 9.48 Å². The molecule has 32 heavy (non-hydrogen) atoms. The molecule has 1 atom stereocenters. The molecule has 12 heteroatoms. The van der Waals surface area contributed by atoms with Crippen molar-refractivity contribution in [2.24, 2.45) is 18.5 Å². The van der Waals surface area contributed by atoms with Crippen molar-refractivity contribution in [3.05, 3.63) is 63.0 Å². The molecule has 0 unspecified atom stereocenters. The second-order valence-corrected chi connectivity index (χ2v) is 8.06. The van der Waals surface area contributed by atoms with Crippen LogP contribution in [-0.2, 0) is 25.8 Å². The Morgan fingerprint density at radius 1 is 1.12 bits per heavy atom. The summed E-state index contributed by atoms with van der Waals surface area (Å²) in [6.07, 6.45) is -8.57. The molecule has 172 valence electrons. The average Bonchev–Trinajstić information content (AvgIpc) is 3.28. The van der Waals surface area contributed by atoms with E-state index in [2.05, 4.69) is 5.10 Å². The number of rotatable bonds is 6. The van der Waals surface area contributed by atoms with Gasteiger partial charge in [-0.1, -0.05) is 18.2 Å². The van der Waals surface area contributed by atoms with Crippen LogP contribution in [0.5, 0.6) is 0 Å². The Labute approximate surface area is 182 Å². The maximum Gasteiger partial charge on any atom is 0.426 e. The van der Waals surface area contributed by atoms with Crippen LogP contribution in [0.2, 0.25) is 0 Å². The highest BCUT2D eigenvalue weighted by Gasteiger charge is 2.42. The molecule has 0 saturated carbocycles. The van der Waals surface area contributed by atoms with Crippen LogP contribution < -0.4 is 11.5 Å². The van der Waals surface area contributed by atoms with Gasteiger partial charge in [0, 0.05) is 24.7 Å². The molecule has 0 spiro atoms. The molecule has 0 aliphatic carbocycles. The zero-order valence-corrected chi connectivity index (χ0v) is 17.4. The van der Waals surface area contributed by atoms with Gasteiger partial charge in [0.1, 0.15) is 4.88 Å². The highest BCUT2D eigenvalue weighted by Crippen LogP contribution is 2.48. The van der Waals surface area contributed by atoms with Gasteiger partial charge in [-0.2, -0.15) is 31.4 Å². The number of nitrogens with zero attached hydrogens (tertiary/aromatic N) is 2. The summed E-state index contributed by atoms with van der Waals surface area (Å²) in [5, 5.41) is 3.88. The molecule has 3 aromatic rings. The monoisotopic (exact) mass is 476 g/mol. The number of alkyl halides is 6. The number of primary amides is 1. The minimum atomic E-state index is -4.84. The quantitative estimate of drug-likeness (QED) is 0.511. The SMILES string of the molecule is Cn1nccc1-c1c(C(F)(F)F)sc(C(N)=O)c1[C@@H](CN)Cc1ccccc1C(F)(F)F. The first-order valence-electron chi connectivity index (χ1n) is 9.23. The first kappa shape index (κ1) is 23.8. The number of benzene rings is 1. The number of carbonyl (C=O) groups is 1. The lowest BCUT2D eigenvalue weighted by Crippen LogP contribution is -2.22. The van der Waals surface area contributed by atoms with E-state index in [1.54, 1.807) is 0 Å². The predicted molar refractivity (Wildman–Crippen MR) is 107 cm³/mol. The molecule has 1 amide bonds. The van der Waals surface area contributed by atoms with Gasteiger partial charge in [0.25, 0.3) is 5.91 Å². The van der Waals surface area contributed by atoms with E-state index in [1.807, 2.05) is 0 Å². The Morgan fingerprint density at radius 2 is 1.78 bits per heavy atom. The summed E-state index contributed by atoms with van der Waals surface area (Å²) in [6, 6.07) is 6.05. The Hall–Kier alpha value is -2.86. The van der Waals surface area contributed by atoms with Gasteiger partial charge in [0.15, 0.2) is 0 Å². The number of hydrogen-bond donors (Lipinski definition) is 2. The highest BCUT2D eigenvalue weighted by molar-refractivity contribution is 7.14. The Kier molecular flexibility index (Phi) is 6.38. The lowest BCUT2D eigenvalue weighted by molar-refractivity contribution is -0.138. The smallest absolute Gasteiger partial charge is 0.365 e. The van der Waals surface area contributed by atoms with Crippen LogP contribution in [0.25, 0.3) is 11.3 Å². The number of nitrogens with two attached hydrogens (primary N) is 2. The van der Waals surface area contributed by atoms with Crippen LogP contribution in [0.15, 0.2) is 36.5 Å². The molecule has 3 rings (SSSR count). The van der Waals surface area contributed by atoms with E-state index in [9.17, 15) is 31.1 Å². The summed E-state index contributed by atoms with van der Waals surface area (Å²) in [4.78, 5) is 10.6. The molecule has 2 heterocycles. The van der Waals surface area contributed by atoms with Crippen molar-refractivity contribution < 1.29 is 31.1 Å². The molecule has 1 aromatic carbocycles. The molecular formula is C20H18F6N4OS. The fraction of sp³-hybridized carbons (Fsp3) is 0.300. The van der Waals surface area contributed by atoms with E-state index in [0.29, 0.717) is 0 Å². The minimum absolute atomic E-state index is 0.0404. The van der Waals surface area contributed by atoms with Crippen molar-refractivity contribution in [1.29, 1.82) is 0 Å². The molecule has 0 saturated heterocycles. The zero-order valence-electron chi connectivity index (χ0n) is 16.6. The summed E-state index contributed by atoms with van der Waals surface area (Å²) < 4.78 is 83.3. The lowest BCUT2D eigenvalue weighted by Gasteiger charge is -2.21. The highest BCUT2D eigenvalue weighted by atomic mass is 32.1. The van der Waals surface area contributed by atoms with E-state index in [4.69, 9.17) is 11.5 Å². The number of hydrogen-bond acceptors (Lipinski definition) is 4. The zero-order chi connectivity index (χ0) is 23.8. The molecule has 0 fully saturated rings. The summed E-state index contributed by atoms with van der Waals surface area (Å²) >= 11 is 0.154. The fourth-order valence-electron chi connectivity index (χ4n) is 3.63. The largest absolute Gasteiger partial charge is 0.426 e. The third-order valence-corrected chi connectivity index (χ3v) is 6.25. The van der Waals surface area contributed by atoms with E-state index >= 15 is 0 Å². The van der Waals surface area contributed by atoms with Gasteiger partial charge >= 0.3 is 12.4 Å². The Balaban J connectivity index is 2.27. The van der Waals surface area contributed by atoms with Gasteiger partial charge in [0.05, 0.1) is 16.1 Å². The normalized spacial score (nSPS) is 13.4. The first-order valence-corrected chi connectivity index (χ1v) is 10.0. The molecule has 0 radical (unpaired) electrons. The van der Waals surface area contributed by atoms with E-state index in [0.717, 1.165) is 6.07 Å². The molecule has 0 aliphatic heterocycles. The van der Waals surface area contributed by atoms with Crippen LogP contribution in [0.1, 0.15) is 37.2 Å². The van der Waals surface area contributed by atoms with Crippen LogP contribution in [0, 0.1) is 0 Å². The van der Waals surface area contributed by atoms with E-state index in [1.165, 1.54) is 42.2 Å². The number of halogens is 6. The second kappa shape index (κ2) is 8.58. The molecule has 4 N–H and O–H groups in total. The third kappa shape index (κ3) is 4.51. The van der Waals surface area contributed by atoms with Gasteiger partial charge in [0.2, 0.25) is 0 Å². The van der Waals surface area contributed by atoms with E-state index < -0.39 is 39.5 Å². The van der Waals surface area contributed by atoms with Crippen LogP contribution in [0.4, 0.5) is 26.3 Å². The van der Waals surface area contributed by atoms with Gasteiger partial charge in [-0.15, -0.1) is 11.3 Å². The third-order valence-electron chi connectivity index (χ3n) is 4.99. The van der Waals surface area contributed by atoms with Crippen molar-refractivity contribution >= 4 is 17.2 Å². The molecule has 0 aliphatic rings. The first-order chi connectivity index (χ1) is 14.9. The van der Waals surface area contributed by atoms with Crippen molar-refractivity contribution in [3.8, 4) is 11.3 Å². The number of thiophene rings is 1. The summed E-state index contributed by atoms with van der Waals surface area (Å²) in [7, 11) is 1.41. The van der Waals surface area contributed by atoms with Gasteiger partial charge < -0.3 is 11.5 Å². The van der Waals surface area contributed by atoms with Crippen molar-refractivity contribution in [1.82, 2.24) is 9.78 Å². The van der Waals surface area contributed by atoms with Crippen LogP contribution in [0.3, 0.4) is 0 Å². The molecule has 5 nitrogen and oxygen atoms in total. The Morgan fingerprint density at radius 3 is 2.28 bits per heavy atom. The predicted octanol–water partition coefficient (Wildman–Crippen LogP) is 4.57. The second-order valence-electron chi connectivity index (χ2n) is 7.04. The van der Waals surface area contributed by atoms with Crippen LogP contribution >= 0.6 is 11.3 Å². The van der Waals surface area contributed by atoms with Crippen molar-refractivity contribution in [3.63, 3.8) is 0 Å². The standard InChI is InChI=1S/C20H18F6N4OS/c1-30-13(6-7-29-30)15-14(16(18(28)31)32-17(15)20(24,25)26)11(9-27)8-10-4-2-3-5-12(10)19(21,22)23/h2-7,11H,8-9,27H2,1H3,(H2,28,31)/t11-/m1/s1. The Bertz CT molecular complexity index is 1130. The fourth-order valence-corrected chi connectivity index (χ4v) is 4.75. The van der Waals surface area contributed by atoms with Crippen LogP contribution in [-0.4, -0.2) is 22.2 Å². The van der Waals surface area contributed by atoms with Gasteiger partial charge in [-0.25, -0.2) is 0 Å². The van der Waals surface area contributed by atoms with E-state index in [-0.39, 0.29) is 46.7 Å². The van der Waals surface area contributed by atoms with Crippen molar-refractivity contribution in [2.75, 3.05) is 6.54 Å². The maximum atomic E-state index is 13.9. The van der Waals surface area contributed by atoms with Gasteiger partial charge in [-0.05, 0) is 36.2 Å². The average molecular weight is 476 g/mol.